The lowest BCUT2D eigenvalue weighted by molar-refractivity contribution is -0.138. The molecule has 3 rings (SSSR count). The number of nitrogens with two attached hydrogens (primary N) is 1. The quantitative estimate of drug-likeness (QED) is 0.848. The van der Waals surface area contributed by atoms with Crippen LogP contribution in [0.5, 0.6) is 0 Å². The van der Waals surface area contributed by atoms with Gasteiger partial charge in [-0.15, -0.1) is 0 Å². The molecule has 0 radical (unpaired) electrons. The molecule has 0 aromatic heterocycles. The Kier molecular flexibility index (Phi) is 5.16. The van der Waals surface area contributed by atoms with Crippen molar-refractivity contribution in [1.82, 2.24) is 5.32 Å². The molecule has 0 amide bonds. The van der Waals surface area contributed by atoms with Gasteiger partial charge in [-0.1, -0.05) is 61.4 Å². The van der Waals surface area contributed by atoms with Crippen LogP contribution in [0.4, 0.5) is 13.2 Å². The van der Waals surface area contributed by atoms with Crippen LogP contribution in [0.15, 0.2) is 54.6 Å². The largest absolute Gasteiger partial charge is 0.416 e. The Bertz CT molecular complexity index is 700. The summed E-state index contributed by atoms with van der Waals surface area (Å²) in [7, 11) is 0. The fourth-order valence-corrected chi connectivity index (χ4v) is 3.76. The Hall–Kier alpha value is -1.85. The van der Waals surface area contributed by atoms with Crippen LogP contribution in [0.3, 0.4) is 0 Å². The van der Waals surface area contributed by atoms with Crippen molar-refractivity contribution in [2.24, 2.45) is 5.73 Å². The SMILES string of the molecule is NC1(c2ccccc2)CCCCC1NCc1ccccc1C(F)(F)F. The number of alkyl halides is 3. The van der Waals surface area contributed by atoms with Gasteiger partial charge in [-0.05, 0) is 30.0 Å². The van der Waals surface area contributed by atoms with E-state index < -0.39 is 17.3 Å². The van der Waals surface area contributed by atoms with Crippen molar-refractivity contribution in [1.29, 1.82) is 0 Å². The summed E-state index contributed by atoms with van der Waals surface area (Å²) in [6.45, 7) is 0.159. The zero-order chi connectivity index (χ0) is 17.9. The van der Waals surface area contributed by atoms with Crippen LogP contribution in [-0.4, -0.2) is 6.04 Å². The van der Waals surface area contributed by atoms with Crippen LogP contribution < -0.4 is 11.1 Å². The highest BCUT2D eigenvalue weighted by atomic mass is 19.4. The molecule has 1 fully saturated rings. The summed E-state index contributed by atoms with van der Waals surface area (Å²) in [5.41, 5.74) is 6.89. The van der Waals surface area contributed by atoms with Gasteiger partial charge >= 0.3 is 6.18 Å². The maximum absolute atomic E-state index is 13.2. The molecular weight excluding hydrogens is 325 g/mol. The van der Waals surface area contributed by atoms with Crippen LogP contribution in [0.2, 0.25) is 0 Å². The highest BCUT2D eigenvalue weighted by molar-refractivity contribution is 5.31. The second-order valence-corrected chi connectivity index (χ2v) is 6.74. The van der Waals surface area contributed by atoms with E-state index in [1.807, 2.05) is 30.3 Å². The first kappa shape index (κ1) is 18.0. The zero-order valence-electron chi connectivity index (χ0n) is 14.0. The lowest BCUT2D eigenvalue weighted by Crippen LogP contribution is -2.56. The maximum Gasteiger partial charge on any atom is 0.416 e. The van der Waals surface area contributed by atoms with Gasteiger partial charge in [0, 0.05) is 12.6 Å². The lowest BCUT2D eigenvalue weighted by Gasteiger charge is -2.42. The Morgan fingerprint density at radius 1 is 1.00 bits per heavy atom. The van der Waals surface area contributed by atoms with Crippen LogP contribution in [0, 0.1) is 0 Å². The first-order chi connectivity index (χ1) is 11.9. The van der Waals surface area contributed by atoms with Crippen molar-refractivity contribution in [3.05, 3.63) is 71.3 Å². The minimum absolute atomic E-state index is 0.0510. The first-order valence-electron chi connectivity index (χ1n) is 8.64. The Morgan fingerprint density at radius 2 is 1.68 bits per heavy atom. The molecule has 0 bridgehead atoms. The number of halogens is 3. The summed E-state index contributed by atoms with van der Waals surface area (Å²) >= 11 is 0. The van der Waals surface area contributed by atoms with Crippen molar-refractivity contribution < 1.29 is 13.2 Å². The molecule has 0 saturated heterocycles. The second kappa shape index (κ2) is 7.18. The van der Waals surface area contributed by atoms with Gasteiger partial charge < -0.3 is 11.1 Å². The van der Waals surface area contributed by atoms with E-state index in [9.17, 15) is 13.2 Å². The standard InChI is InChI=1S/C20H23F3N2/c21-20(22,23)17-11-5-4-8-15(17)14-25-18-12-6-7-13-19(18,24)16-9-2-1-3-10-16/h1-5,8-11,18,25H,6-7,12-14,24H2. The maximum atomic E-state index is 13.2. The third kappa shape index (κ3) is 3.88. The number of hydrogen-bond donors (Lipinski definition) is 2. The van der Waals surface area contributed by atoms with Crippen LogP contribution in [-0.2, 0) is 18.3 Å². The van der Waals surface area contributed by atoms with Crippen LogP contribution >= 0.6 is 0 Å². The normalized spacial score (nSPS) is 24.2. The summed E-state index contributed by atoms with van der Waals surface area (Å²) in [5.74, 6) is 0. The van der Waals surface area contributed by atoms with Crippen molar-refractivity contribution >= 4 is 0 Å². The Morgan fingerprint density at radius 3 is 2.40 bits per heavy atom. The molecule has 134 valence electrons. The molecule has 0 heterocycles. The molecule has 1 aliphatic rings. The van der Waals surface area contributed by atoms with Gasteiger partial charge in [0.2, 0.25) is 0 Å². The summed E-state index contributed by atoms with van der Waals surface area (Å²) in [4.78, 5) is 0. The minimum atomic E-state index is -4.34. The van der Waals surface area contributed by atoms with E-state index in [0.29, 0.717) is 0 Å². The third-order valence-corrected chi connectivity index (χ3v) is 5.13. The van der Waals surface area contributed by atoms with Gasteiger partial charge in [-0.3, -0.25) is 0 Å². The summed E-state index contributed by atoms with van der Waals surface area (Å²) in [5, 5.41) is 3.31. The molecule has 2 nitrogen and oxygen atoms in total. The van der Waals surface area contributed by atoms with E-state index in [2.05, 4.69) is 5.32 Å². The van der Waals surface area contributed by atoms with E-state index in [0.717, 1.165) is 37.3 Å². The van der Waals surface area contributed by atoms with Gasteiger partial charge in [0.15, 0.2) is 0 Å². The molecule has 2 unspecified atom stereocenters. The van der Waals surface area contributed by atoms with Crippen molar-refractivity contribution in [3.63, 3.8) is 0 Å². The number of rotatable bonds is 4. The molecular formula is C20H23F3N2. The van der Waals surface area contributed by atoms with E-state index in [4.69, 9.17) is 5.73 Å². The highest BCUT2D eigenvalue weighted by Crippen LogP contribution is 2.36. The third-order valence-electron chi connectivity index (χ3n) is 5.13. The molecule has 1 saturated carbocycles. The summed E-state index contributed by atoms with van der Waals surface area (Å²) in [6.07, 6.45) is -0.591. The molecule has 2 aromatic carbocycles. The summed E-state index contributed by atoms with van der Waals surface area (Å²) in [6, 6.07) is 15.5. The average Bonchev–Trinajstić information content (AvgIpc) is 2.61. The molecule has 0 aliphatic heterocycles. The minimum Gasteiger partial charge on any atom is -0.320 e. The van der Waals surface area contributed by atoms with E-state index in [1.165, 1.54) is 12.1 Å². The number of hydrogen-bond acceptors (Lipinski definition) is 2. The predicted octanol–water partition coefficient (Wildman–Crippen LogP) is 4.59. The molecule has 2 aromatic rings. The topological polar surface area (TPSA) is 38.0 Å². The van der Waals surface area contributed by atoms with Gasteiger partial charge in [0.25, 0.3) is 0 Å². The van der Waals surface area contributed by atoms with Gasteiger partial charge in [0.1, 0.15) is 0 Å². The monoisotopic (exact) mass is 348 g/mol. The fraction of sp³-hybridized carbons (Fsp3) is 0.400. The molecule has 5 heteroatoms. The molecule has 1 aliphatic carbocycles. The van der Waals surface area contributed by atoms with E-state index >= 15 is 0 Å². The van der Waals surface area contributed by atoms with Crippen molar-refractivity contribution in [3.8, 4) is 0 Å². The number of benzene rings is 2. The first-order valence-corrected chi connectivity index (χ1v) is 8.64. The Labute approximate surface area is 146 Å². The predicted molar refractivity (Wildman–Crippen MR) is 92.8 cm³/mol. The fourth-order valence-electron chi connectivity index (χ4n) is 3.76. The van der Waals surface area contributed by atoms with E-state index in [-0.39, 0.29) is 18.2 Å². The van der Waals surface area contributed by atoms with Crippen molar-refractivity contribution in [2.45, 2.75) is 50.0 Å². The Balaban J connectivity index is 1.80. The smallest absolute Gasteiger partial charge is 0.320 e. The molecule has 3 N–H and O–H groups in total. The number of nitrogens with one attached hydrogen (secondary N) is 1. The highest BCUT2D eigenvalue weighted by Gasteiger charge is 2.39. The average molecular weight is 348 g/mol. The van der Waals surface area contributed by atoms with E-state index in [1.54, 1.807) is 6.07 Å². The lowest BCUT2D eigenvalue weighted by atomic mass is 9.73. The summed E-state index contributed by atoms with van der Waals surface area (Å²) < 4.78 is 39.5. The van der Waals surface area contributed by atoms with Crippen LogP contribution in [0.25, 0.3) is 0 Å². The molecule has 2 atom stereocenters. The van der Waals surface area contributed by atoms with Crippen LogP contribution in [0.1, 0.15) is 42.4 Å². The molecule has 25 heavy (non-hydrogen) atoms. The van der Waals surface area contributed by atoms with Crippen molar-refractivity contribution in [2.75, 3.05) is 0 Å². The van der Waals surface area contributed by atoms with Gasteiger partial charge in [-0.25, -0.2) is 0 Å². The zero-order valence-corrected chi connectivity index (χ0v) is 14.0. The van der Waals surface area contributed by atoms with Gasteiger partial charge in [-0.2, -0.15) is 13.2 Å². The van der Waals surface area contributed by atoms with Gasteiger partial charge in [0.05, 0.1) is 11.1 Å². The molecule has 0 spiro atoms. The second-order valence-electron chi connectivity index (χ2n) is 6.74.